The molecular weight excluding hydrogens is 232 g/mol. The second kappa shape index (κ2) is 22.4. The monoisotopic (exact) mass is 242 g/mol. The summed E-state index contributed by atoms with van der Waals surface area (Å²) in [4.78, 5) is 0. The molecule has 32 valence electrons. The summed E-state index contributed by atoms with van der Waals surface area (Å²) in [6.45, 7) is 5.50. The first kappa shape index (κ1) is 17.3. The number of hydrogen-bond donors (Lipinski definition) is 0. The van der Waals surface area contributed by atoms with Crippen molar-refractivity contribution < 1.29 is 21.1 Å². The van der Waals surface area contributed by atoms with E-state index in [-0.39, 0.29) is 28.5 Å². The molecule has 0 saturated heterocycles. The SMILES string of the molecule is [CH2-]CC.[CH3-].[W+2]. The van der Waals surface area contributed by atoms with Gasteiger partial charge in [0, 0.05) is 0 Å². The van der Waals surface area contributed by atoms with Crippen molar-refractivity contribution in [2.45, 2.75) is 13.3 Å². The topological polar surface area (TPSA) is 0 Å². The first-order valence-corrected chi connectivity index (χ1v) is 1.21. The Hall–Kier alpha value is 0.688. The predicted octanol–water partition coefficient (Wildman–Crippen LogP) is 1.68. The van der Waals surface area contributed by atoms with Crippen molar-refractivity contribution >= 4 is 0 Å². The van der Waals surface area contributed by atoms with Crippen LogP contribution in [0.1, 0.15) is 13.3 Å². The summed E-state index contributed by atoms with van der Waals surface area (Å²) in [5, 5.41) is 0. The first-order chi connectivity index (χ1) is 1.41. The van der Waals surface area contributed by atoms with Crippen LogP contribution < -0.4 is 0 Å². The van der Waals surface area contributed by atoms with Gasteiger partial charge in [-0.05, 0) is 0 Å². The standard InChI is InChI=1S/C3H7.CH3.W/c1-3-2;;/h1,3H2,2H3;1H3;/q2*-1;+2. The molecule has 0 aliphatic rings. The molecule has 5 heavy (non-hydrogen) atoms. The molecule has 0 bridgehead atoms. The van der Waals surface area contributed by atoms with Crippen LogP contribution in [0.15, 0.2) is 0 Å². The number of hydrogen-bond acceptors (Lipinski definition) is 0. The minimum absolute atomic E-state index is 0. The number of rotatable bonds is 0. The summed E-state index contributed by atoms with van der Waals surface area (Å²) in [7, 11) is 0. The van der Waals surface area contributed by atoms with Crippen LogP contribution in [-0.4, -0.2) is 0 Å². The van der Waals surface area contributed by atoms with E-state index in [4.69, 9.17) is 0 Å². The van der Waals surface area contributed by atoms with Gasteiger partial charge in [-0.15, -0.1) is 0 Å². The Morgan fingerprint density at radius 3 is 1.60 bits per heavy atom. The molecule has 0 aromatic carbocycles. The summed E-state index contributed by atoms with van der Waals surface area (Å²) < 4.78 is 0. The Balaban J connectivity index is -0.0000000200. The predicted molar refractivity (Wildman–Crippen MR) is 22.1 cm³/mol. The van der Waals surface area contributed by atoms with Gasteiger partial charge in [0.25, 0.3) is 0 Å². The van der Waals surface area contributed by atoms with Crippen molar-refractivity contribution in [3.63, 3.8) is 0 Å². The second-order valence-electron chi connectivity index (χ2n) is 0.500. The molecule has 0 aromatic rings. The molecule has 0 nitrogen and oxygen atoms in total. The zero-order valence-corrected chi connectivity index (χ0v) is 6.76. The molecule has 0 atom stereocenters. The summed E-state index contributed by atoms with van der Waals surface area (Å²) in [6.07, 6.45) is 1.00. The smallest absolute Gasteiger partial charge is 0.358 e. The zero-order chi connectivity index (χ0) is 2.71. The van der Waals surface area contributed by atoms with Crippen LogP contribution >= 0.6 is 0 Å². The second-order valence-corrected chi connectivity index (χ2v) is 0.500. The molecule has 0 rings (SSSR count). The van der Waals surface area contributed by atoms with Crippen molar-refractivity contribution in [3.8, 4) is 0 Å². The van der Waals surface area contributed by atoms with Gasteiger partial charge in [0.1, 0.15) is 0 Å². The summed E-state index contributed by atoms with van der Waals surface area (Å²) in [6, 6.07) is 0. The maximum Gasteiger partial charge on any atom is 2.00 e. The molecule has 0 spiro atoms. The van der Waals surface area contributed by atoms with E-state index in [1.54, 1.807) is 0 Å². The van der Waals surface area contributed by atoms with E-state index < -0.39 is 0 Å². The summed E-state index contributed by atoms with van der Waals surface area (Å²) >= 11 is 0. The van der Waals surface area contributed by atoms with Gasteiger partial charge in [-0.25, -0.2) is 0 Å². The van der Waals surface area contributed by atoms with E-state index >= 15 is 0 Å². The first-order valence-electron chi connectivity index (χ1n) is 1.21. The third kappa shape index (κ3) is 71.5. The average molecular weight is 242 g/mol. The fraction of sp³-hybridized carbons (Fsp3) is 0.500. The Kier molecular flexibility index (Phi) is 77.4. The molecule has 0 radical (unpaired) electrons. The normalized spacial score (nSPS) is 3.60. The Morgan fingerprint density at radius 2 is 1.60 bits per heavy atom. The van der Waals surface area contributed by atoms with Gasteiger partial charge in [-0.2, -0.15) is 6.42 Å². The van der Waals surface area contributed by atoms with Crippen molar-refractivity contribution in [1.82, 2.24) is 0 Å². The van der Waals surface area contributed by atoms with E-state index in [0.29, 0.717) is 0 Å². The molecule has 0 saturated carbocycles. The van der Waals surface area contributed by atoms with E-state index in [0.717, 1.165) is 6.42 Å². The van der Waals surface area contributed by atoms with Crippen LogP contribution in [-0.2, 0) is 21.1 Å². The summed E-state index contributed by atoms with van der Waals surface area (Å²) in [5.74, 6) is 0. The minimum atomic E-state index is 0. The van der Waals surface area contributed by atoms with Crippen LogP contribution in [0.3, 0.4) is 0 Å². The maximum atomic E-state index is 3.49. The van der Waals surface area contributed by atoms with E-state index in [1.807, 2.05) is 6.92 Å². The van der Waals surface area contributed by atoms with E-state index in [9.17, 15) is 0 Å². The van der Waals surface area contributed by atoms with Crippen molar-refractivity contribution in [2.75, 3.05) is 0 Å². The Morgan fingerprint density at radius 1 is 1.60 bits per heavy atom. The molecule has 1 heteroatoms. The molecule has 0 aromatic heterocycles. The third-order valence-corrected chi connectivity index (χ3v) is 0. The van der Waals surface area contributed by atoms with Gasteiger partial charge >= 0.3 is 21.1 Å². The van der Waals surface area contributed by atoms with Crippen LogP contribution in [0.25, 0.3) is 0 Å². The molecule has 0 aliphatic carbocycles. The van der Waals surface area contributed by atoms with Crippen molar-refractivity contribution in [2.24, 2.45) is 0 Å². The van der Waals surface area contributed by atoms with E-state index in [2.05, 4.69) is 6.92 Å². The van der Waals surface area contributed by atoms with Crippen molar-refractivity contribution in [3.05, 3.63) is 14.4 Å². The van der Waals surface area contributed by atoms with Crippen molar-refractivity contribution in [1.29, 1.82) is 0 Å². The molecule has 0 heterocycles. The van der Waals surface area contributed by atoms with Crippen LogP contribution in [0.5, 0.6) is 0 Å². The Bertz CT molecular complexity index is 3.61. The van der Waals surface area contributed by atoms with Gasteiger partial charge in [0.15, 0.2) is 0 Å². The van der Waals surface area contributed by atoms with Crippen LogP contribution in [0, 0.1) is 14.4 Å². The van der Waals surface area contributed by atoms with Crippen LogP contribution in [0.4, 0.5) is 0 Å². The van der Waals surface area contributed by atoms with Gasteiger partial charge < -0.3 is 14.4 Å². The average Bonchev–Trinajstić information content (AvgIpc) is 0.918. The Labute approximate surface area is 49.2 Å². The van der Waals surface area contributed by atoms with Gasteiger partial charge in [-0.1, -0.05) is 6.92 Å². The quantitative estimate of drug-likeness (QED) is 0.567. The molecule has 0 fully saturated rings. The van der Waals surface area contributed by atoms with Gasteiger partial charge in [-0.3, -0.25) is 0 Å². The van der Waals surface area contributed by atoms with E-state index in [1.165, 1.54) is 0 Å². The maximum absolute atomic E-state index is 3.49. The van der Waals surface area contributed by atoms with Gasteiger partial charge in [0.05, 0.1) is 0 Å². The van der Waals surface area contributed by atoms with Gasteiger partial charge in [0.2, 0.25) is 0 Å². The molecular formula is C4H10W. The largest absolute Gasteiger partial charge is 2.00 e. The molecule has 0 aliphatic heterocycles. The van der Waals surface area contributed by atoms with Crippen LogP contribution in [0.2, 0.25) is 0 Å². The fourth-order valence-electron chi connectivity index (χ4n) is 0. The molecule has 0 N–H and O–H groups in total. The minimum Gasteiger partial charge on any atom is -0.358 e. The fourth-order valence-corrected chi connectivity index (χ4v) is 0. The molecule has 0 unspecified atom stereocenters. The summed E-state index contributed by atoms with van der Waals surface area (Å²) in [5.41, 5.74) is 0. The zero-order valence-electron chi connectivity index (χ0n) is 3.82. The third-order valence-electron chi connectivity index (χ3n) is 0. The molecule has 0 amide bonds.